The maximum atomic E-state index is 14.5. The Morgan fingerprint density at radius 2 is 1.52 bits per heavy atom. The molecule has 0 amide bonds. The van der Waals surface area contributed by atoms with Crippen LogP contribution in [0, 0.1) is 19.7 Å². The SMILES string of the molecule is Cc1cccc(C)c1Nc1c(-c2ccccc2F)nc2cccc(C(F)(F)F)n12. The third-order valence-corrected chi connectivity index (χ3v) is 4.79. The summed E-state index contributed by atoms with van der Waals surface area (Å²) in [5.41, 5.74) is 1.78. The predicted molar refractivity (Wildman–Crippen MR) is 105 cm³/mol. The van der Waals surface area contributed by atoms with E-state index in [9.17, 15) is 17.6 Å². The summed E-state index contributed by atoms with van der Waals surface area (Å²) in [6, 6.07) is 15.2. The lowest BCUT2D eigenvalue weighted by Gasteiger charge is -2.17. The molecule has 0 bridgehead atoms. The molecular formula is C22H17F4N3. The van der Waals surface area contributed by atoms with Crippen molar-refractivity contribution in [1.29, 1.82) is 0 Å². The van der Waals surface area contributed by atoms with Crippen LogP contribution >= 0.6 is 0 Å². The van der Waals surface area contributed by atoms with Gasteiger partial charge in [0.1, 0.15) is 28.7 Å². The number of hydrogen-bond donors (Lipinski definition) is 1. The number of halogens is 4. The van der Waals surface area contributed by atoms with Gasteiger partial charge in [-0.3, -0.25) is 4.40 Å². The van der Waals surface area contributed by atoms with Gasteiger partial charge in [-0.05, 0) is 49.2 Å². The molecule has 148 valence electrons. The maximum absolute atomic E-state index is 14.5. The van der Waals surface area contributed by atoms with Crippen LogP contribution in [0.3, 0.4) is 0 Å². The molecule has 3 nitrogen and oxygen atoms in total. The molecule has 0 radical (unpaired) electrons. The van der Waals surface area contributed by atoms with E-state index in [1.165, 1.54) is 30.3 Å². The minimum Gasteiger partial charge on any atom is -0.339 e. The highest BCUT2D eigenvalue weighted by atomic mass is 19.4. The molecule has 4 aromatic rings. The number of hydrogen-bond acceptors (Lipinski definition) is 2. The molecule has 0 aliphatic rings. The lowest BCUT2D eigenvalue weighted by Crippen LogP contribution is -2.13. The van der Waals surface area contributed by atoms with Crippen LogP contribution < -0.4 is 5.32 Å². The van der Waals surface area contributed by atoms with E-state index in [4.69, 9.17) is 0 Å². The third kappa shape index (κ3) is 3.33. The number of benzene rings is 2. The molecular weight excluding hydrogens is 382 g/mol. The minimum atomic E-state index is -4.61. The fourth-order valence-electron chi connectivity index (χ4n) is 3.40. The van der Waals surface area contributed by atoms with Crippen molar-refractivity contribution < 1.29 is 17.6 Å². The van der Waals surface area contributed by atoms with Crippen LogP contribution in [-0.2, 0) is 6.18 Å². The first-order valence-corrected chi connectivity index (χ1v) is 8.94. The highest BCUT2D eigenvalue weighted by molar-refractivity contribution is 5.81. The largest absolute Gasteiger partial charge is 0.431 e. The molecule has 0 saturated carbocycles. The van der Waals surface area contributed by atoms with E-state index in [2.05, 4.69) is 10.3 Å². The topological polar surface area (TPSA) is 29.3 Å². The molecule has 0 aliphatic carbocycles. The number of para-hydroxylation sites is 1. The first kappa shape index (κ1) is 19.0. The predicted octanol–water partition coefficient (Wildman–Crippen LogP) is 6.52. The fraction of sp³-hybridized carbons (Fsp3) is 0.136. The van der Waals surface area contributed by atoms with Gasteiger partial charge in [-0.1, -0.05) is 36.4 Å². The molecule has 4 rings (SSSR count). The summed E-state index contributed by atoms with van der Waals surface area (Å²) >= 11 is 0. The van der Waals surface area contributed by atoms with Crippen LogP contribution in [0.4, 0.5) is 29.1 Å². The Hall–Kier alpha value is -3.35. The summed E-state index contributed by atoms with van der Waals surface area (Å²) in [7, 11) is 0. The zero-order valence-corrected chi connectivity index (χ0v) is 15.7. The molecule has 0 atom stereocenters. The molecule has 0 aliphatic heterocycles. The van der Waals surface area contributed by atoms with Crippen LogP contribution in [0.2, 0.25) is 0 Å². The smallest absolute Gasteiger partial charge is 0.339 e. The number of nitrogens with one attached hydrogen (secondary N) is 1. The number of pyridine rings is 1. The Kier molecular flexibility index (Phi) is 4.53. The standard InChI is InChI=1S/C22H17F4N3/c1-13-7-5-8-14(2)19(13)28-21-20(15-9-3-4-10-16(15)23)27-18-12-6-11-17(29(18)21)22(24,25)26/h3-12,28H,1-2H3. The second-order valence-corrected chi connectivity index (χ2v) is 6.78. The van der Waals surface area contributed by atoms with Gasteiger partial charge in [-0.2, -0.15) is 13.2 Å². The molecule has 2 heterocycles. The Balaban J connectivity index is 2.06. The van der Waals surface area contributed by atoms with Crippen molar-refractivity contribution in [1.82, 2.24) is 9.38 Å². The number of aromatic nitrogens is 2. The van der Waals surface area contributed by atoms with Crippen LogP contribution in [-0.4, -0.2) is 9.38 Å². The summed E-state index contributed by atoms with van der Waals surface area (Å²) in [5, 5.41) is 3.10. The number of alkyl halides is 3. The molecule has 29 heavy (non-hydrogen) atoms. The van der Waals surface area contributed by atoms with Gasteiger partial charge < -0.3 is 5.32 Å². The van der Waals surface area contributed by atoms with E-state index in [1.54, 1.807) is 6.07 Å². The highest BCUT2D eigenvalue weighted by Gasteiger charge is 2.35. The molecule has 2 aromatic heterocycles. The van der Waals surface area contributed by atoms with Gasteiger partial charge in [0.05, 0.1) is 0 Å². The summed E-state index contributed by atoms with van der Waals surface area (Å²) in [5.74, 6) is -0.496. The van der Waals surface area contributed by atoms with Gasteiger partial charge in [0.15, 0.2) is 0 Å². The number of fused-ring (bicyclic) bond motifs is 1. The molecule has 7 heteroatoms. The van der Waals surface area contributed by atoms with E-state index in [-0.39, 0.29) is 22.7 Å². The van der Waals surface area contributed by atoms with E-state index in [0.29, 0.717) is 5.69 Å². The van der Waals surface area contributed by atoms with Crippen molar-refractivity contribution in [2.45, 2.75) is 20.0 Å². The van der Waals surface area contributed by atoms with Crippen molar-refractivity contribution >= 4 is 17.2 Å². The van der Waals surface area contributed by atoms with E-state index in [0.717, 1.165) is 21.6 Å². The summed E-state index contributed by atoms with van der Waals surface area (Å²) in [4.78, 5) is 4.33. The highest BCUT2D eigenvalue weighted by Crippen LogP contribution is 2.38. The zero-order chi connectivity index (χ0) is 20.8. The first-order chi connectivity index (χ1) is 13.8. The maximum Gasteiger partial charge on any atom is 0.431 e. The monoisotopic (exact) mass is 399 g/mol. The average Bonchev–Trinajstić information content (AvgIpc) is 3.02. The van der Waals surface area contributed by atoms with Crippen molar-refractivity contribution in [2.24, 2.45) is 0 Å². The van der Waals surface area contributed by atoms with E-state index in [1.807, 2.05) is 32.0 Å². The van der Waals surface area contributed by atoms with E-state index < -0.39 is 17.7 Å². The first-order valence-electron chi connectivity index (χ1n) is 8.94. The van der Waals surface area contributed by atoms with Crippen LogP contribution in [0.5, 0.6) is 0 Å². The van der Waals surface area contributed by atoms with Crippen LogP contribution in [0.25, 0.3) is 16.9 Å². The molecule has 0 spiro atoms. The van der Waals surface area contributed by atoms with Crippen molar-refractivity contribution in [3.05, 3.63) is 83.3 Å². The normalized spacial score (nSPS) is 11.8. The van der Waals surface area contributed by atoms with Gasteiger partial charge in [0.25, 0.3) is 0 Å². The Bertz CT molecular complexity index is 1190. The van der Waals surface area contributed by atoms with Gasteiger partial charge in [-0.25, -0.2) is 9.37 Å². The lowest BCUT2D eigenvalue weighted by atomic mass is 10.1. The van der Waals surface area contributed by atoms with Gasteiger partial charge in [0, 0.05) is 11.3 Å². The van der Waals surface area contributed by atoms with Crippen LogP contribution in [0.15, 0.2) is 60.7 Å². The third-order valence-electron chi connectivity index (χ3n) is 4.79. The number of imidazole rings is 1. The second kappa shape index (κ2) is 6.92. The van der Waals surface area contributed by atoms with Gasteiger partial charge in [0.2, 0.25) is 0 Å². The molecule has 2 aromatic carbocycles. The lowest BCUT2D eigenvalue weighted by molar-refractivity contribution is -0.141. The quantitative estimate of drug-likeness (QED) is 0.398. The summed E-state index contributed by atoms with van der Waals surface area (Å²) in [6.07, 6.45) is -4.61. The Morgan fingerprint density at radius 3 is 2.17 bits per heavy atom. The summed E-state index contributed by atoms with van der Waals surface area (Å²) in [6.45, 7) is 3.71. The summed E-state index contributed by atoms with van der Waals surface area (Å²) < 4.78 is 56.7. The average molecular weight is 399 g/mol. The van der Waals surface area contributed by atoms with Crippen molar-refractivity contribution in [2.75, 3.05) is 5.32 Å². The van der Waals surface area contributed by atoms with E-state index >= 15 is 0 Å². The Morgan fingerprint density at radius 1 is 0.862 bits per heavy atom. The molecule has 0 saturated heterocycles. The van der Waals surface area contributed by atoms with Crippen LogP contribution in [0.1, 0.15) is 16.8 Å². The van der Waals surface area contributed by atoms with Crippen molar-refractivity contribution in [3.63, 3.8) is 0 Å². The second-order valence-electron chi connectivity index (χ2n) is 6.78. The Labute approximate surface area is 164 Å². The molecule has 0 fully saturated rings. The molecule has 0 unspecified atom stereocenters. The van der Waals surface area contributed by atoms with Gasteiger partial charge >= 0.3 is 6.18 Å². The number of aryl methyl sites for hydroxylation is 2. The zero-order valence-electron chi connectivity index (χ0n) is 15.7. The number of anilines is 2. The van der Waals surface area contributed by atoms with Gasteiger partial charge in [-0.15, -0.1) is 0 Å². The minimum absolute atomic E-state index is 0.0652. The fourth-order valence-corrected chi connectivity index (χ4v) is 3.40. The van der Waals surface area contributed by atoms with Crippen molar-refractivity contribution in [3.8, 4) is 11.3 Å². The number of rotatable bonds is 3. The molecule has 1 N–H and O–H groups in total. The number of nitrogens with zero attached hydrogens (tertiary/aromatic N) is 2.